The van der Waals surface area contributed by atoms with Crippen molar-refractivity contribution in [3.63, 3.8) is 0 Å². The summed E-state index contributed by atoms with van der Waals surface area (Å²) in [5.74, 6) is -1.42. The lowest BCUT2D eigenvalue weighted by atomic mass is 10.1. The molecule has 0 aliphatic rings. The molecule has 2 rings (SSSR count). The molecule has 1 aromatic heterocycles. The Hall–Kier alpha value is -2.70. The average molecular weight is 279 g/mol. The normalized spacial score (nSPS) is 10.3. The van der Waals surface area contributed by atoms with Crippen LogP contribution in [0.3, 0.4) is 0 Å². The predicted molar refractivity (Wildman–Crippen MR) is 66.7 cm³/mol. The largest absolute Gasteiger partial charge is 0.463 e. The smallest absolute Gasteiger partial charge is 0.342 e. The maximum atomic E-state index is 13.1. The molecule has 6 nitrogen and oxygen atoms in total. The van der Waals surface area contributed by atoms with Crippen LogP contribution in [-0.2, 0) is 4.74 Å². The highest BCUT2D eigenvalue weighted by molar-refractivity contribution is 5.96. The van der Waals surface area contributed by atoms with Crippen LogP contribution in [0.2, 0.25) is 0 Å². The van der Waals surface area contributed by atoms with Gasteiger partial charge in [0.15, 0.2) is 5.76 Å². The monoisotopic (exact) mass is 279 g/mol. The van der Waals surface area contributed by atoms with E-state index in [2.05, 4.69) is 0 Å². The molecule has 0 spiro atoms. The van der Waals surface area contributed by atoms with Crippen molar-refractivity contribution < 1.29 is 23.3 Å². The summed E-state index contributed by atoms with van der Waals surface area (Å²) in [6, 6.07) is 4.36. The Labute approximate surface area is 112 Å². The zero-order valence-corrected chi connectivity index (χ0v) is 10.5. The SMILES string of the molecule is CCOC(=O)c1ccoc1-c1ccc(F)cc1[N+](=O)[O-]. The Balaban J connectivity index is 2.55. The van der Waals surface area contributed by atoms with E-state index in [1.54, 1.807) is 6.92 Å². The first-order valence-electron chi connectivity index (χ1n) is 5.73. The Kier molecular flexibility index (Phi) is 3.79. The van der Waals surface area contributed by atoms with Gasteiger partial charge in [-0.2, -0.15) is 0 Å². The number of ether oxygens (including phenoxy) is 1. The van der Waals surface area contributed by atoms with E-state index in [1.807, 2.05) is 0 Å². The number of hydrogen-bond acceptors (Lipinski definition) is 5. The highest BCUT2D eigenvalue weighted by Crippen LogP contribution is 2.33. The fourth-order valence-electron chi connectivity index (χ4n) is 1.74. The van der Waals surface area contributed by atoms with E-state index in [1.165, 1.54) is 18.4 Å². The number of furan rings is 1. The fraction of sp³-hybridized carbons (Fsp3) is 0.154. The molecule has 0 fully saturated rings. The molecule has 2 aromatic rings. The third-order valence-electron chi connectivity index (χ3n) is 2.56. The summed E-state index contributed by atoms with van der Waals surface area (Å²) < 4.78 is 23.1. The fourth-order valence-corrected chi connectivity index (χ4v) is 1.74. The molecule has 7 heteroatoms. The zero-order valence-electron chi connectivity index (χ0n) is 10.5. The highest BCUT2D eigenvalue weighted by Gasteiger charge is 2.24. The summed E-state index contributed by atoms with van der Waals surface area (Å²) in [5, 5.41) is 11.0. The van der Waals surface area contributed by atoms with Crippen LogP contribution in [0.4, 0.5) is 10.1 Å². The summed E-state index contributed by atoms with van der Waals surface area (Å²) in [4.78, 5) is 21.9. The molecule has 0 N–H and O–H groups in total. The number of esters is 1. The highest BCUT2D eigenvalue weighted by atomic mass is 19.1. The van der Waals surface area contributed by atoms with Gasteiger partial charge in [-0.15, -0.1) is 0 Å². The Morgan fingerprint density at radius 2 is 2.20 bits per heavy atom. The minimum Gasteiger partial charge on any atom is -0.463 e. The van der Waals surface area contributed by atoms with Crippen LogP contribution in [0.5, 0.6) is 0 Å². The van der Waals surface area contributed by atoms with Crippen molar-refractivity contribution in [3.8, 4) is 11.3 Å². The first-order chi connectivity index (χ1) is 9.54. The lowest BCUT2D eigenvalue weighted by Crippen LogP contribution is -2.05. The second-order valence-corrected chi connectivity index (χ2v) is 3.80. The van der Waals surface area contributed by atoms with Crippen LogP contribution in [0.15, 0.2) is 34.9 Å². The summed E-state index contributed by atoms with van der Waals surface area (Å²) in [6.07, 6.45) is 1.22. The molecule has 0 radical (unpaired) electrons. The summed E-state index contributed by atoms with van der Waals surface area (Å²) in [5.41, 5.74) is -0.406. The molecule has 1 heterocycles. The van der Waals surface area contributed by atoms with Gasteiger partial charge in [-0.05, 0) is 25.1 Å². The van der Waals surface area contributed by atoms with E-state index < -0.39 is 22.4 Å². The molecular weight excluding hydrogens is 269 g/mol. The maximum absolute atomic E-state index is 13.1. The quantitative estimate of drug-likeness (QED) is 0.487. The average Bonchev–Trinajstić information content (AvgIpc) is 2.88. The number of carbonyl (C=O) groups is 1. The Morgan fingerprint density at radius 1 is 1.45 bits per heavy atom. The van der Waals surface area contributed by atoms with Crippen LogP contribution < -0.4 is 0 Å². The molecule has 0 saturated carbocycles. The molecule has 0 atom stereocenters. The van der Waals surface area contributed by atoms with Gasteiger partial charge in [-0.3, -0.25) is 10.1 Å². The minimum atomic E-state index is -0.746. The van der Waals surface area contributed by atoms with Gasteiger partial charge in [0.1, 0.15) is 11.4 Å². The maximum Gasteiger partial charge on any atom is 0.342 e. The third kappa shape index (κ3) is 2.51. The number of nitro benzene ring substituents is 1. The first-order valence-corrected chi connectivity index (χ1v) is 5.73. The molecule has 0 unspecified atom stereocenters. The molecule has 0 aliphatic carbocycles. The van der Waals surface area contributed by atoms with Crippen LogP contribution in [0.1, 0.15) is 17.3 Å². The summed E-state index contributed by atoms with van der Waals surface area (Å²) >= 11 is 0. The van der Waals surface area contributed by atoms with Crippen molar-refractivity contribution in [2.45, 2.75) is 6.92 Å². The van der Waals surface area contributed by atoms with Gasteiger partial charge in [-0.1, -0.05) is 0 Å². The predicted octanol–water partition coefficient (Wildman–Crippen LogP) is 3.17. The van der Waals surface area contributed by atoms with E-state index in [0.717, 1.165) is 12.1 Å². The molecule has 20 heavy (non-hydrogen) atoms. The van der Waals surface area contributed by atoms with Crippen LogP contribution in [0, 0.1) is 15.9 Å². The van der Waals surface area contributed by atoms with Gasteiger partial charge in [0, 0.05) is 0 Å². The summed E-state index contributed by atoms with van der Waals surface area (Å²) in [6.45, 7) is 1.80. The van der Waals surface area contributed by atoms with Crippen molar-refractivity contribution in [2.24, 2.45) is 0 Å². The van der Waals surface area contributed by atoms with Gasteiger partial charge in [-0.25, -0.2) is 9.18 Å². The van der Waals surface area contributed by atoms with E-state index >= 15 is 0 Å². The van der Waals surface area contributed by atoms with Crippen LogP contribution >= 0.6 is 0 Å². The molecule has 0 saturated heterocycles. The van der Waals surface area contributed by atoms with Gasteiger partial charge in [0.25, 0.3) is 5.69 Å². The number of halogens is 1. The minimum absolute atomic E-state index is 0.0180. The van der Waals surface area contributed by atoms with Crippen molar-refractivity contribution in [1.29, 1.82) is 0 Å². The number of benzene rings is 1. The van der Waals surface area contributed by atoms with Gasteiger partial charge in [0.05, 0.1) is 29.4 Å². The van der Waals surface area contributed by atoms with E-state index in [4.69, 9.17) is 9.15 Å². The lowest BCUT2D eigenvalue weighted by Gasteiger charge is -2.04. The zero-order chi connectivity index (χ0) is 14.7. The molecule has 0 aliphatic heterocycles. The molecule has 0 bridgehead atoms. The molecule has 104 valence electrons. The third-order valence-corrected chi connectivity index (χ3v) is 2.56. The molecular formula is C13H10FNO5. The number of nitro groups is 1. The number of rotatable bonds is 4. The Bertz CT molecular complexity index is 665. The van der Waals surface area contributed by atoms with E-state index in [9.17, 15) is 19.3 Å². The van der Waals surface area contributed by atoms with E-state index in [0.29, 0.717) is 0 Å². The number of nitrogens with zero attached hydrogens (tertiary/aromatic N) is 1. The van der Waals surface area contributed by atoms with Crippen LogP contribution in [0.25, 0.3) is 11.3 Å². The standard InChI is InChI=1S/C13H10FNO5/c1-2-19-13(16)10-5-6-20-12(10)9-4-3-8(14)7-11(9)15(17)18/h3-7H,2H2,1H3. The molecule has 0 amide bonds. The second-order valence-electron chi connectivity index (χ2n) is 3.80. The van der Waals surface area contributed by atoms with Crippen molar-refractivity contribution in [2.75, 3.05) is 6.61 Å². The first kappa shape index (κ1) is 13.7. The van der Waals surface area contributed by atoms with Gasteiger partial charge >= 0.3 is 5.97 Å². The summed E-state index contributed by atoms with van der Waals surface area (Å²) in [7, 11) is 0. The topological polar surface area (TPSA) is 82.6 Å². The van der Waals surface area contributed by atoms with Gasteiger partial charge in [0.2, 0.25) is 0 Å². The Morgan fingerprint density at radius 3 is 2.85 bits per heavy atom. The molecule has 1 aromatic carbocycles. The van der Waals surface area contributed by atoms with Gasteiger partial charge < -0.3 is 9.15 Å². The lowest BCUT2D eigenvalue weighted by molar-refractivity contribution is -0.384. The second kappa shape index (κ2) is 5.52. The number of hydrogen-bond donors (Lipinski definition) is 0. The van der Waals surface area contributed by atoms with Crippen molar-refractivity contribution in [1.82, 2.24) is 0 Å². The van der Waals surface area contributed by atoms with Crippen LogP contribution in [-0.4, -0.2) is 17.5 Å². The van der Waals surface area contributed by atoms with Crippen molar-refractivity contribution >= 4 is 11.7 Å². The number of carbonyl (C=O) groups excluding carboxylic acids is 1. The van der Waals surface area contributed by atoms with Crippen molar-refractivity contribution in [3.05, 3.63) is 52.0 Å². The van der Waals surface area contributed by atoms with E-state index in [-0.39, 0.29) is 23.5 Å².